The van der Waals surface area contributed by atoms with Crippen molar-refractivity contribution in [3.05, 3.63) is 4.88 Å². The number of aromatic nitrogens is 1. The standard InChI is InChI=1S/C11H18N4O2S/c1-3-15(2)10-13-8(12)7(18-10)9(17)14-11(6-16)4-5-11/h16H,3-6,12H2,1-2H3,(H,14,17). The van der Waals surface area contributed by atoms with Crippen molar-refractivity contribution in [3.63, 3.8) is 0 Å². The van der Waals surface area contributed by atoms with E-state index in [4.69, 9.17) is 5.73 Å². The molecule has 1 heterocycles. The third-order valence-electron chi connectivity index (χ3n) is 3.18. The zero-order chi connectivity index (χ0) is 13.3. The van der Waals surface area contributed by atoms with Crippen LogP contribution in [0.1, 0.15) is 29.4 Å². The number of carbonyl (C=O) groups excluding carboxylic acids is 1. The number of thiazole rings is 1. The molecule has 1 aliphatic rings. The highest BCUT2D eigenvalue weighted by molar-refractivity contribution is 7.18. The van der Waals surface area contributed by atoms with Crippen LogP contribution in [-0.2, 0) is 0 Å². The molecule has 1 saturated carbocycles. The number of nitrogens with two attached hydrogens (primary N) is 1. The summed E-state index contributed by atoms with van der Waals surface area (Å²) in [5, 5.41) is 12.7. The zero-order valence-corrected chi connectivity index (χ0v) is 11.4. The van der Waals surface area contributed by atoms with E-state index in [-0.39, 0.29) is 18.3 Å². The lowest BCUT2D eigenvalue weighted by Gasteiger charge is -2.13. The van der Waals surface area contributed by atoms with E-state index in [0.717, 1.165) is 24.5 Å². The molecule has 0 unspecified atom stereocenters. The van der Waals surface area contributed by atoms with E-state index in [9.17, 15) is 9.90 Å². The summed E-state index contributed by atoms with van der Waals surface area (Å²) in [5.41, 5.74) is 5.34. The van der Waals surface area contributed by atoms with Crippen molar-refractivity contribution < 1.29 is 9.90 Å². The Hall–Kier alpha value is -1.34. The van der Waals surface area contributed by atoms with Gasteiger partial charge in [-0.15, -0.1) is 0 Å². The smallest absolute Gasteiger partial charge is 0.265 e. The Kier molecular flexibility index (Phi) is 3.45. The fourth-order valence-electron chi connectivity index (χ4n) is 1.55. The number of rotatable bonds is 5. The number of nitrogens with one attached hydrogen (secondary N) is 1. The Bertz CT molecular complexity index is 456. The van der Waals surface area contributed by atoms with E-state index >= 15 is 0 Å². The molecule has 7 heteroatoms. The molecule has 0 aromatic carbocycles. The average Bonchev–Trinajstić information content (AvgIpc) is 3.02. The van der Waals surface area contributed by atoms with Gasteiger partial charge in [-0.2, -0.15) is 0 Å². The van der Waals surface area contributed by atoms with Crippen LogP contribution in [0.15, 0.2) is 0 Å². The van der Waals surface area contributed by atoms with Crippen LogP contribution in [0.4, 0.5) is 10.9 Å². The maximum Gasteiger partial charge on any atom is 0.265 e. The first-order chi connectivity index (χ1) is 8.51. The molecule has 18 heavy (non-hydrogen) atoms. The number of anilines is 2. The van der Waals surface area contributed by atoms with Crippen molar-refractivity contribution in [2.24, 2.45) is 0 Å². The third kappa shape index (κ3) is 2.41. The van der Waals surface area contributed by atoms with Crippen molar-refractivity contribution in [1.82, 2.24) is 10.3 Å². The molecule has 0 bridgehead atoms. The first kappa shape index (κ1) is 13.1. The third-order valence-corrected chi connectivity index (χ3v) is 4.37. The molecule has 6 nitrogen and oxygen atoms in total. The predicted molar refractivity (Wildman–Crippen MR) is 72.0 cm³/mol. The minimum Gasteiger partial charge on any atom is -0.394 e. The van der Waals surface area contributed by atoms with Gasteiger partial charge in [0, 0.05) is 13.6 Å². The lowest BCUT2D eigenvalue weighted by Crippen LogP contribution is -2.39. The molecule has 4 N–H and O–H groups in total. The number of nitrogen functional groups attached to an aromatic ring is 1. The minimum absolute atomic E-state index is 0.0286. The SMILES string of the molecule is CCN(C)c1nc(N)c(C(=O)NC2(CO)CC2)s1. The van der Waals surface area contributed by atoms with Gasteiger partial charge in [0.15, 0.2) is 5.13 Å². The molecule has 0 saturated heterocycles. The number of nitrogens with zero attached hydrogens (tertiary/aromatic N) is 2. The second-order valence-electron chi connectivity index (χ2n) is 4.62. The summed E-state index contributed by atoms with van der Waals surface area (Å²) in [4.78, 5) is 18.6. The number of hydrogen-bond acceptors (Lipinski definition) is 6. The maximum absolute atomic E-state index is 12.1. The molecular weight excluding hydrogens is 252 g/mol. The summed E-state index contributed by atoms with van der Waals surface area (Å²) in [7, 11) is 1.90. The highest BCUT2D eigenvalue weighted by Crippen LogP contribution is 2.36. The molecule has 100 valence electrons. The molecule has 1 aromatic rings. The van der Waals surface area contributed by atoms with Crippen LogP contribution < -0.4 is 16.0 Å². The van der Waals surface area contributed by atoms with E-state index in [1.165, 1.54) is 11.3 Å². The van der Waals surface area contributed by atoms with Crippen molar-refractivity contribution >= 4 is 28.2 Å². The zero-order valence-electron chi connectivity index (χ0n) is 10.6. The Balaban J connectivity index is 2.13. The van der Waals surface area contributed by atoms with Gasteiger partial charge < -0.3 is 21.1 Å². The molecule has 1 amide bonds. The summed E-state index contributed by atoms with van der Waals surface area (Å²) in [6, 6.07) is 0. The average molecular weight is 270 g/mol. The molecule has 1 aliphatic carbocycles. The molecule has 0 spiro atoms. The van der Waals surface area contributed by atoms with E-state index in [1.807, 2.05) is 18.9 Å². The number of aliphatic hydroxyl groups is 1. The second kappa shape index (κ2) is 4.74. The molecule has 0 radical (unpaired) electrons. The van der Waals surface area contributed by atoms with E-state index in [2.05, 4.69) is 10.3 Å². The lowest BCUT2D eigenvalue weighted by atomic mass is 10.3. The Morgan fingerprint density at radius 1 is 1.67 bits per heavy atom. The molecule has 1 aromatic heterocycles. The summed E-state index contributed by atoms with van der Waals surface area (Å²) in [6.45, 7) is 2.77. The van der Waals surface area contributed by atoms with Gasteiger partial charge in [-0.25, -0.2) is 4.98 Å². The molecule has 1 fully saturated rings. The highest BCUT2D eigenvalue weighted by atomic mass is 32.1. The number of aliphatic hydroxyl groups excluding tert-OH is 1. The van der Waals surface area contributed by atoms with Gasteiger partial charge in [-0.1, -0.05) is 11.3 Å². The van der Waals surface area contributed by atoms with Crippen LogP contribution in [-0.4, -0.2) is 41.7 Å². The first-order valence-electron chi connectivity index (χ1n) is 5.92. The summed E-state index contributed by atoms with van der Waals surface area (Å²) in [5.74, 6) is 0.00819. The fraction of sp³-hybridized carbons (Fsp3) is 0.636. The maximum atomic E-state index is 12.1. The van der Waals surface area contributed by atoms with Crippen molar-refractivity contribution in [3.8, 4) is 0 Å². The highest BCUT2D eigenvalue weighted by Gasteiger charge is 2.44. The summed E-state index contributed by atoms with van der Waals surface area (Å²) < 4.78 is 0. The van der Waals surface area contributed by atoms with Gasteiger partial charge in [0.05, 0.1) is 12.1 Å². The Morgan fingerprint density at radius 3 is 2.83 bits per heavy atom. The van der Waals surface area contributed by atoms with Crippen LogP contribution in [0.25, 0.3) is 0 Å². The van der Waals surface area contributed by atoms with Gasteiger partial charge in [-0.05, 0) is 19.8 Å². The van der Waals surface area contributed by atoms with Crippen molar-refractivity contribution in [2.45, 2.75) is 25.3 Å². The Morgan fingerprint density at radius 2 is 2.33 bits per heavy atom. The molecule has 0 atom stereocenters. The second-order valence-corrected chi connectivity index (χ2v) is 5.60. The van der Waals surface area contributed by atoms with Gasteiger partial charge in [0.25, 0.3) is 5.91 Å². The number of hydrogen-bond donors (Lipinski definition) is 3. The summed E-state index contributed by atoms with van der Waals surface area (Å²) in [6.07, 6.45) is 1.63. The largest absolute Gasteiger partial charge is 0.394 e. The fourth-order valence-corrected chi connectivity index (χ4v) is 2.46. The van der Waals surface area contributed by atoms with E-state index in [1.54, 1.807) is 0 Å². The predicted octanol–water partition coefficient (Wildman–Crippen LogP) is 0.436. The monoisotopic (exact) mass is 270 g/mol. The molecular formula is C11H18N4O2S. The van der Waals surface area contributed by atoms with Gasteiger partial charge >= 0.3 is 0 Å². The van der Waals surface area contributed by atoms with Gasteiger partial charge in [0.2, 0.25) is 0 Å². The normalized spacial score (nSPS) is 16.4. The van der Waals surface area contributed by atoms with Crippen LogP contribution in [0.3, 0.4) is 0 Å². The quantitative estimate of drug-likeness (QED) is 0.722. The topological polar surface area (TPSA) is 91.5 Å². The van der Waals surface area contributed by atoms with E-state index < -0.39 is 5.54 Å². The lowest BCUT2D eigenvalue weighted by molar-refractivity contribution is 0.0911. The summed E-state index contributed by atoms with van der Waals surface area (Å²) >= 11 is 1.28. The van der Waals surface area contributed by atoms with Crippen LogP contribution in [0.5, 0.6) is 0 Å². The number of amides is 1. The first-order valence-corrected chi connectivity index (χ1v) is 6.74. The number of carbonyl (C=O) groups is 1. The van der Waals surface area contributed by atoms with Crippen molar-refractivity contribution in [1.29, 1.82) is 0 Å². The van der Waals surface area contributed by atoms with Gasteiger partial charge in [0.1, 0.15) is 10.7 Å². The minimum atomic E-state index is -0.426. The van der Waals surface area contributed by atoms with Crippen LogP contribution in [0, 0.1) is 0 Å². The molecule has 0 aliphatic heterocycles. The van der Waals surface area contributed by atoms with Gasteiger partial charge in [-0.3, -0.25) is 4.79 Å². The van der Waals surface area contributed by atoms with Crippen molar-refractivity contribution in [2.75, 3.05) is 30.8 Å². The van der Waals surface area contributed by atoms with Crippen LogP contribution >= 0.6 is 11.3 Å². The van der Waals surface area contributed by atoms with E-state index in [0.29, 0.717) is 4.88 Å². The van der Waals surface area contributed by atoms with Crippen LogP contribution in [0.2, 0.25) is 0 Å². The molecule has 2 rings (SSSR count). The Labute approximate surface area is 110 Å².